The van der Waals surface area contributed by atoms with Gasteiger partial charge in [-0.05, 0) is 67.8 Å². The van der Waals surface area contributed by atoms with Gasteiger partial charge in [0.1, 0.15) is 0 Å². The van der Waals surface area contributed by atoms with Crippen LogP contribution in [-0.2, 0) is 14.6 Å². The number of carbonyl (C=O) groups is 1. The first-order chi connectivity index (χ1) is 13.0. The maximum atomic E-state index is 12.6. The molecule has 0 bridgehead atoms. The molecule has 2 rings (SSSR count). The third-order valence-corrected chi connectivity index (χ3v) is 7.20. The van der Waals surface area contributed by atoms with Crippen LogP contribution in [0.1, 0.15) is 53.4 Å². The van der Waals surface area contributed by atoms with Crippen molar-refractivity contribution in [3.05, 3.63) is 24.3 Å². The minimum Gasteiger partial charge on any atom is -0.394 e. The first kappa shape index (κ1) is 22.8. The van der Waals surface area contributed by atoms with Gasteiger partial charge in [0.15, 0.2) is 9.84 Å². The van der Waals surface area contributed by atoms with Crippen LogP contribution >= 0.6 is 0 Å². The first-order valence-corrected chi connectivity index (χ1v) is 11.6. The summed E-state index contributed by atoms with van der Waals surface area (Å²) in [5.74, 6) is 0.369. The van der Waals surface area contributed by atoms with Crippen molar-refractivity contribution in [2.75, 3.05) is 24.2 Å². The van der Waals surface area contributed by atoms with E-state index in [4.69, 9.17) is 0 Å². The summed E-state index contributed by atoms with van der Waals surface area (Å²) >= 11 is 0. The van der Waals surface area contributed by atoms with E-state index in [9.17, 15) is 18.3 Å². The molecule has 1 aliphatic carbocycles. The SMILES string of the molecule is CC(=O)Nc1ccc(S(=O)(=O)CCCNC2(CO)CC(C)CC(C)(C)C2)cc1. The quantitative estimate of drug-likeness (QED) is 0.573. The van der Waals surface area contributed by atoms with E-state index in [-0.39, 0.29) is 34.1 Å². The fourth-order valence-corrected chi connectivity index (χ4v) is 6.05. The van der Waals surface area contributed by atoms with E-state index in [1.165, 1.54) is 19.1 Å². The van der Waals surface area contributed by atoms with Crippen LogP contribution in [-0.4, -0.2) is 43.9 Å². The molecule has 1 amide bonds. The Hall–Kier alpha value is -1.44. The summed E-state index contributed by atoms with van der Waals surface area (Å²) < 4.78 is 25.1. The number of amides is 1. The number of hydrogen-bond acceptors (Lipinski definition) is 5. The number of sulfone groups is 1. The molecule has 0 radical (unpaired) electrons. The lowest BCUT2D eigenvalue weighted by molar-refractivity contribution is -0.114. The van der Waals surface area contributed by atoms with Crippen molar-refractivity contribution in [2.24, 2.45) is 11.3 Å². The van der Waals surface area contributed by atoms with Crippen molar-refractivity contribution in [2.45, 2.75) is 63.8 Å². The highest BCUT2D eigenvalue weighted by Crippen LogP contribution is 2.43. The summed E-state index contributed by atoms with van der Waals surface area (Å²) in [7, 11) is -3.38. The summed E-state index contributed by atoms with van der Waals surface area (Å²) in [5.41, 5.74) is 0.409. The Kier molecular flexibility index (Phi) is 7.28. The number of nitrogens with one attached hydrogen (secondary N) is 2. The number of aliphatic hydroxyl groups is 1. The number of benzene rings is 1. The lowest BCUT2D eigenvalue weighted by atomic mass is 9.64. The number of carbonyl (C=O) groups excluding carboxylic acids is 1. The van der Waals surface area contributed by atoms with Crippen molar-refractivity contribution in [1.29, 1.82) is 0 Å². The molecule has 0 spiro atoms. The molecule has 1 fully saturated rings. The zero-order chi connectivity index (χ0) is 21.0. The van der Waals surface area contributed by atoms with E-state index in [1.807, 2.05) is 0 Å². The fraction of sp³-hybridized carbons (Fsp3) is 0.667. The summed E-state index contributed by atoms with van der Waals surface area (Å²) in [6.07, 6.45) is 3.41. The molecule has 1 aliphatic rings. The summed E-state index contributed by atoms with van der Waals surface area (Å²) in [4.78, 5) is 11.3. The Morgan fingerprint density at radius 1 is 1.21 bits per heavy atom. The summed E-state index contributed by atoms with van der Waals surface area (Å²) in [5, 5.41) is 16.1. The van der Waals surface area contributed by atoms with Gasteiger partial charge >= 0.3 is 0 Å². The van der Waals surface area contributed by atoms with Gasteiger partial charge in [0.25, 0.3) is 0 Å². The van der Waals surface area contributed by atoms with Gasteiger partial charge in [-0.2, -0.15) is 0 Å². The highest BCUT2D eigenvalue weighted by Gasteiger charge is 2.42. The van der Waals surface area contributed by atoms with Crippen molar-refractivity contribution < 1.29 is 18.3 Å². The monoisotopic (exact) mass is 410 g/mol. The van der Waals surface area contributed by atoms with E-state index < -0.39 is 9.84 Å². The average Bonchev–Trinajstić information content (AvgIpc) is 2.57. The van der Waals surface area contributed by atoms with Gasteiger partial charge in [-0.1, -0.05) is 20.8 Å². The van der Waals surface area contributed by atoms with Crippen molar-refractivity contribution in [3.63, 3.8) is 0 Å². The van der Waals surface area contributed by atoms with Gasteiger partial charge in [-0.3, -0.25) is 4.79 Å². The van der Waals surface area contributed by atoms with Crippen LogP contribution in [0.15, 0.2) is 29.2 Å². The summed E-state index contributed by atoms with van der Waals surface area (Å²) in [6.45, 7) is 8.69. The van der Waals surface area contributed by atoms with E-state index in [0.717, 1.165) is 19.3 Å². The van der Waals surface area contributed by atoms with Gasteiger partial charge in [-0.15, -0.1) is 0 Å². The molecule has 1 aromatic carbocycles. The summed E-state index contributed by atoms with van der Waals surface area (Å²) in [6, 6.07) is 6.24. The zero-order valence-corrected chi connectivity index (χ0v) is 18.2. The van der Waals surface area contributed by atoms with Crippen LogP contribution in [0, 0.1) is 11.3 Å². The predicted molar refractivity (Wildman–Crippen MR) is 112 cm³/mol. The van der Waals surface area contributed by atoms with Crippen LogP contribution < -0.4 is 10.6 Å². The second-order valence-electron chi connectivity index (χ2n) is 9.10. The molecule has 7 heteroatoms. The molecule has 3 N–H and O–H groups in total. The molecule has 28 heavy (non-hydrogen) atoms. The highest BCUT2D eigenvalue weighted by molar-refractivity contribution is 7.91. The van der Waals surface area contributed by atoms with E-state index in [2.05, 4.69) is 31.4 Å². The van der Waals surface area contributed by atoms with Gasteiger partial charge in [0, 0.05) is 18.2 Å². The Morgan fingerprint density at radius 3 is 2.39 bits per heavy atom. The maximum Gasteiger partial charge on any atom is 0.221 e. The van der Waals surface area contributed by atoms with Crippen LogP contribution in [0.4, 0.5) is 5.69 Å². The molecule has 0 aromatic heterocycles. The zero-order valence-electron chi connectivity index (χ0n) is 17.4. The number of hydrogen-bond donors (Lipinski definition) is 3. The molecule has 1 saturated carbocycles. The molecule has 158 valence electrons. The Bertz CT molecular complexity index is 774. The van der Waals surface area contributed by atoms with E-state index >= 15 is 0 Å². The average molecular weight is 411 g/mol. The fourth-order valence-electron chi connectivity index (χ4n) is 4.74. The lowest BCUT2D eigenvalue weighted by Crippen LogP contribution is -2.55. The van der Waals surface area contributed by atoms with Gasteiger partial charge < -0.3 is 15.7 Å². The van der Waals surface area contributed by atoms with Crippen LogP contribution in [0.2, 0.25) is 0 Å². The standard InChI is InChI=1S/C21H34N2O4S/c1-16-12-20(3,4)14-21(13-16,15-24)22-10-5-11-28(26,27)19-8-6-18(7-9-19)23-17(2)25/h6-9,16,22,24H,5,10-15H2,1-4H3,(H,23,25). The third kappa shape index (κ3) is 6.29. The Balaban J connectivity index is 1.91. The van der Waals surface area contributed by atoms with Crippen molar-refractivity contribution in [1.82, 2.24) is 5.32 Å². The molecule has 0 aliphatic heterocycles. The molecule has 2 unspecified atom stereocenters. The highest BCUT2D eigenvalue weighted by atomic mass is 32.2. The lowest BCUT2D eigenvalue weighted by Gasteiger charge is -2.47. The topological polar surface area (TPSA) is 95.5 Å². The molecule has 1 aromatic rings. The normalized spacial score (nSPS) is 24.7. The minimum absolute atomic E-state index is 0.0416. The third-order valence-electron chi connectivity index (χ3n) is 5.38. The van der Waals surface area contributed by atoms with Crippen LogP contribution in [0.25, 0.3) is 0 Å². The molecule has 0 saturated heterocycles. The second-order valence-corrected chi connectivity index (χ2v) is 11.2. The minimum atomic E-state index is -3.38. The number of rotatable bonds is 8. The number of anilines is 1. The van der Waals surface area contributed by atoms with Gasteiger partial charge in [0.2, 0.25) is 5.91 Å². The molecule has 0 heterocycles. The van der Waals surface area contributed by atoms with Crippen LogP contribution in [0.3, 0.4) is 0 Å². The maximum absolute atomic E-state index is 12.6. The second kappa shape index (κ2) is 8.93. The molecular weight excluding hydrogens is 376 g/mol. The van der Waals surface area contributed by atoms with E-state index in [0.29, 0.717) is 24.6 Å². The van der Waals surface area contributed by atoms with Crippen molar-refractivity contribution >= 4 is 21.4 Å². The first-order valence-electron chi connectivity index (χ1n) is 9.93. The largest absolute Gasteiger partial charge is 0.394 e. The van der Waals surface area contributed by atoms with Gasteiger partial charge in [-0.25, -0.2) is 8.42 Å². The van der Waals surface area contributed by atoms with Gasteiger partial charge in [0.05, 0.1) is 17.3 Å². The predicted octanol–water partition coefficient (Wildman–Crippen LogP) is 2.98. The molecular formula is C21H34N2O4S. The van der Waals surface area contributed by atoms with Crippen LogP contribution in [0.5, 0.6) is 0 Å². The molecule has 2 atom stereocenters. The smallest absolute Gasteiger partial charge is 0.221 e. The Labute approximate surface area is 169 Å². The number of aliphatic hydroxyl groups excluding tert-OH is 1. The van der Waals surface area contributed by atoms with Crippen molar-refractivity contribution in [3.8, 4) is 0 Å². The Morgan fingerprint density at radius 2 is 1.86 bits per heavy atom. The van der Waals surface area contributed by atoms with E-state index in [1.54, 1.807) is 12.1 Å². The molecule has 6 nitrogen and oxygen atoms in total.